The quantitative estimate of drug-likeness (QED) is 0.869. The minimum absolute atomic E-state index is 0.171. The molecule has 0 unspecified atom stereocenters. The molecule has 1 N–H and O–H groups in total. The van der Waals surface area contributed by atoms with Gasteiger partial charge in [-0.1, -0.05) is 28.1 Å². The smallest absolute Gasteiger partial charge is 0.223 e. The number of nitrogens with zero attached hydrogens (tertiary/aromatic N) is 2. The highest BCUT2D eigenvalue weighted by atomic mass is 79.9. The van der Waals surface area contributed by atoms with Crippen molar-refractivity contribution < 1.29 is 9.21 Å². The molecule has 0 aliphatic carbocycles. The van der Waals surface area contributed by atoms with Crippen molar-refractivity contribution in [2.45, 2.75) is 32.7 Å². The van der Waals surface area contributed by atoms with E-state index >= 15 is 0 Å². The van der Waals surface area contributed by atoms with Gasteiger partial charge in [-0.15, -0.1) is 0 Å². The maximum atomic E-state index is 12.3. The van der Waals surface area contributed by atoms with E-state index in [4.69, 9.17) is 4.42 Å². The monoisotopic (exact) mass is 391 g/mol. The van der Waals surface area contributed by atoms with Crippen molar-refractivity contribution in [2.24, 2.45) is 0 Å². The molecule has 3 rings (SSSR count). The van der Waals surface area contributed by atoms with E-state index in [0.717, 1.165) is 41.1 Å². The van der Waals surface area contributed by atoms with Gasteiger partial charge in [0.2, 0.25) is 5.91 Å². The Kier molecular flexibility index (Phi) is 5.36. The number of rotatable bonds is 4. The Morgan fingerprint density at radius 3 is 2.88 bits per heavy atom. The number of amides is 1. The van der Waals surface area contributed by atoms with E-state index < -0.39 is 0 Å². The summed E-state index contributed by atoms with van der Waals surface area (Å²) in [5.74, 6) is 1.58. The normalized spacial score (nSPS) is 18.0. The van der Waals surface area contributed by atoms with Crippen LogP contribution in [0.5, 0.6) is 0 Å². The van der Waals surface area contributed by atoms with Gasteiger partial charge in [-0.3, -0.25) is 4.79 Å². The van der Waals surface area contributed by atoms with Crippen LogP contribution in [0.4, 0.5) is 0 Å². The Morgan fingerprint density at radius 1 is 1.42 bits per heavy atom. The molecule has 2 heterocycles. The summed E-state index contributed by atoms with van der Waals surface area (Å²) in [5, 5.41) is 3.35. The SMILES string of the molecule is Cc1nc(CCC(=O)N2CCN[C@@H](C)C2)oc1-c1ccc(Br)cc1. The Morgan fingerprint density at radius 2 is 2.17 bits per heavy atom. The lowest BCUT2D eigenvalue weighted by Gasteiger charge is -2.31. The fourth-order valence-corrected chi connectivity index (χ4v) is 3.22. The van der Waals surface area contributed by atoms with Gasteiger partial charge in [0.1, 0.15) is 0 Å². The molecule has 5 nitrogen and oxygen atoms in total. The van der Waals surface area contributed by atoms with Crippen LogP contribution in [0.2, 0.25) is 0 Å². The van der Waals surface area contributed by atoms with Crippen molar-refractivity contribution in [3.05, 3.63) is 40.3 Å². The van der Waals surface area contributed by atoms with Gasteiger partial charge in [-0.25, -0.2) is 4.98 Å². The van der Waals surface area contributed by atoms with E-state index in [1.807, 2.05) is 36.1 Å². The molecule has 1 aromatic heterocycles. The van der Waals surface area contributed by atoms with Gasteiger partial charge in [0, 0.05) is 48.6 Å². The summed E-state index contributed by atoms with van der Waals surface area (Å²) >= 11 is 3.43. The van der Waals surface area contributed by atoms with E-state index in [-0.39, 0.29) is 5.91 Å². The molecule has 24 heavy (non-hydrogen) atoms. The molecule has 1 aliphatic heterocycles. The number of aromatic nitrogens is 1. The Hall–Kier alpha value is -1.66. The van der Waals surface area contributed by atoms with Crippen molar-refractivity contribution in [1.82, 2.24) is 15.2 Å². The zero-order valence-corrected chi connectivity index (χ0v) is 15.6. The summed E-state index contributed by atoms with van der Waals surface area (Å²) in [6.45, 7) is 6.44. The number of carbonyl (C=O) groups is 1. The topological polar surface area (TPSA) is 58.4 Å². The molecule has 2 aromatic rings. The minimum atomic E-state index is 0.171. The molecule has 0 saturated carbocycles. The van der Waals surface area contributed by atoms with Crippen LogP contribution in [-0.2, 0) is 11.2 Å². The number of hydrogen-bond donors (Lipinski definition) is 1. The molecule has 1 aliphatic rings. The van der Waals surface area contributed by atoms with Crippen LogP contribution < -0.4 is 5.32 Å². The third-order valence-electron chi connectivity index (χ3n) is 4.22. The summed E-state index contributed by atoms with van der Waals surface area (Å²) < 4.78 is 6.92. The molecule has 1 amide bonds. The van der Waals surface area contributed by atoms with Crippen LogP contribution in [0.1, 0.15) is 24.9 Å². The second kappa shape index (κ2) is 7.49. The number of piperazine rings is 1. The van der Waals surface area contributed by atoms with Crippen LogP contribution >= 0.6 is 15.9 Å². The van der Waals surface area contributed by atoms with Crippen molar-refractivity contribution in [2.75, 3.05) is 19.6 Å². The predicted molar refractivity (Wildman–Crippen MR) is 96.7 cm³/mol. The second-order valence-electron chi connectivity index (χ2n) is 6.22. The van der Waals surface area contributed by atoms with E-state index in [9.17, 15) is 4.79 Å². The van der Waals surface area contributed by atoms with Crippen molar-refractivity contribution >= 4 is 21.8 Å². The van der Waals surface area contributed by atoms with Gasteiger partial charge in [0.15, 0.2) is 11.7 Å². The summed E-state index contributed by atoms with van der Waals surface area (Å²) in [4.78, 5) is 18.7. The van der Waals surface area contributed by atoms with Gasteiger partial charge in [0.25, 0.3) is 0 Å². The lowest BCUT2D eigenvalue weighted by molar-refractivity contribution is -0.132. The zero-order chi connectivity index (χ0) is 17.1. The first-order valence-electron chi connectivity index (χ1n) is 8.26. The van der Waals surface area contributed by atoms with Crippen LogP contribution in [0.25, 0.3) is 11.3 Å². The van der Waals surface area contributed by atoms with Gasteiger partial charge < -0.3 is 14.6 Å². The Bertz CT molecular complexity index is 712. The Labute approximate surface area is 150 Å². The Balaban J connectivity index is 1.63. The number of nitrogens with one attached hydrogen (secondary N) is 1. The maximum Gasteiger partial charge on any atom is 0.223 e. The highest BCUT2D eigenvalue weighted by Gasteiger charge is 2.21. The predicted octanol–water partition coefficient (Wildman–Crippen LogP) is 3.17. The molecule has 0 bridgehead atoms. The second-order valence-corrected chi connectivity index (χ2v) is 7.14. The lowest BCUT2D eigenvalue weighted by atomic mass is 10.1. The van der Waals surface area contributed by atoms with E-state index in [1.54, 1.807) is 0 Å². The molecule has 0 spiro atoms. The fraction of sp³-hybridized carbons (Fsp3) is 0.444. The minimum Gasteiger partial charge on any atom is -0.440 e. The van der Waals surface area contributed by atoms with Crippen LogP contribution in [0, 0.1) is 6.92 Å². The molecule has 0 radical (unpaired) electrons. The number of aryl methyl sites for hydroxylation is 2. The van der Waals surface area contributed by atoms with Gasteiger partial charge >= 0.3 is 0 Å². The molecule has 1 aromatic carbocycles. The van der Waals surface area contributed by atoms with Crippen molar-refractivity contribution in [3.63, 3.8) is 0 Å². The molecular formula is C18H22BrN3O2. The van der Waals surface area contributed by atoms with Crippen molar-refractivity contribution in [3.8, 4) is 11.3 Å². The number of benzene rings is 1. The number of halogens is 1. The van der Waals surface area contributed by atoms with Gasteiger partial charge in [-0.05, 0) is 26.0 Å². The molecule has 128 valence electrons. The van der Waals surface area contributed by atoms with Crippen LogP contribution in [0.3, 0.4) is 0 Å². The highest BCUT2D eigenvalue weighted by Crippen LogP contribution is 2.26. The summed E-state index contributed by atoms with van der Waals surface area (Å²) in [5.41, 5.74) is 1.85. The molecule has 6 heteroatoms. The first kappa shape index (κ1) is 17.2. The average Bonchev–Trinajstić information content (AvgIpc) is 2.94. The summed E-state index contributed by atoms with van der Waals surface area (Å²) in [6, 6.07) is 8.30. The fourth-order valence-electron chi connectivity index (χ4n) is 2.96. The average molecular weight is 392 g/mol. The van der Waals surface area contributed by atoms with Crippen LogP contribution in [0.15, 0.2) is 33.2 Å². The molecular weight excluding hydrogens is 370 g/mol. The van der Waals surface area contributed by atoms with E-state index in [0.29, 0.717) is 24.8 Å². The summed E-state index contributed by atoms with van der Waals surface area (Å²) in [7, 11) is 0. The van der Waals surface area contributed by atoms with Crippen molar-refractivity contribution in [1.29, 1.82) is 0 Å². The number of hydrogen-bond acceptors (Lipinski definition) is 4. The largest absolute Gasteiger partial charge is 0.440 e. The van der Waals surface area contributed by atoms with Crippen LogP contribution in [-0.4, -0.2) is 41.5 Å². The third kappa shape index (κ3) is 4.05. The standard InChI is InChI=1S/C18H22BrN3O2/c1-12-11-22(10-9-20-12)17(23)8-7-16-21-13(2)18(24-16)14-3-5-15(19)6-4-14/h3-6,12,20H,7-11H2,1-2H3/t12-/m0/s1. The van der Waals surface area contributed by atoms with Gasteiger partial charge in [-0.2, -0.15) is 0 Å². The number of oxazole rings is 1. The third-order valence-corrected chi connectivity index (χ3v) is 4.75. The zero-order valence-electron chi connectivity index (χ0n) is 14.0. The van der Waals surface area contributed by atoms with E-state index in [1.165, 1.54) is 0 Å². The summed E-state index contributed by atoms with van der Waals surface area (Å²) in [6.07, 6.45) is 0.973. The maximum absolute atomic E-state index is 12.3. The highest BCUT2D eigenvalue weighted by molar-refractivity contribution is 9.10. The van der Waals surface area contributed by atoms with Gasteiger partial charge in [0.05, 0.1) is 5.69 Å². The molecule has 1 atom stereocenters. The number of carbonyl (C=O) groups excluding carboxylic acids is 1. The first-order valence-corrected chi connectivity index (χ1v) is 9.05. The molecule has 1 fully saturated rings. The molecule has 1 saturated heterocycles. The van der Waals surface area contributed by atoms with E-state index in [2.05, 4.69) is 33.2 Å². The lowest BCUT2D eigenvalue weighted by Crippen LogP contribution is -2.51. The first-order chi connectivity index (χ1) is 11.5.